The molecule has 1 fully saturated rings. The molecule has 0 spiro atoms. The lowest BCUT2D eigenvalue weighted by atomic mass is 10.1. The highest BCUT2D eigenvalue weighted by molar-refractivity contribution is 7.80. The van der Waals surface area contributed by atoms with E-state index in [9.17, 15) is 9.59 Å². The predicted molar refractivity (Wildman–Crippen MR) is 119 cm³/mol. The van der Waals surface area contributed by atoms with Crippen LogP contribution in [0.3, 0.4) is 0 Å². The van der Waals surface area contributed by atoms with Crippen LogP contribution < -0.4 is 10.2 Å². The summed E-state index contributed by atoms with van der Waals surface area (Å²) in [5.41, 5.74) is 2.05. The molecule has 1 aromatic rings. The van der Waals surface area contributed by atoms with Crippen molar-refractivity contribution in [2.75, 3.05) is 24.5 Å². The molecule has 1 aliphatic rings. The van der Waals surface area contributed by atoms with Gasteiger partial charge in [0.1, 0.15) is 5.57 Å². The Labute approximate surface area is 173 Å². The molecule has 2 amide bonds. The molecule has 0 radical (unpaired) electrons. The molecule has 1 heterocycles. The molecule has 28 heavy (non-hydrogen) atoms. The first kappa shape index (κ1) is 21.8. The largest absolute Gasteiger partial charge is 0.372 e. The smallest absolute Gasteiger partial charge is 0.265 e. The van der Waals surface area contributed by atoms with Gasteiger partial charge in [-0.15, -0.1) is 6.58 Å². The number of hydrogen-bond donors (Lipinski definition) is 1. The van der Waals surface area contributed by atoms with Crippen molar-refractivity contribution in [2.24, 2.45) is 0 Å². The van der Waals surface area contributed by atoms with Gasteiger partial charge in [0, 0.05) is 25.3 Å². The first-order valence-electron chi connectivity index (χ1n) is 9.86. The summed E-state index contributed by atoms with van der Waals surface area (Å²) in [6, 6.07) is 7.99. The number of benzene rings is 1. The fraction of sp³-hybridized carbons (Fsp3) is 0.409. The number of carbonyl (C=O) groups is 2. The molecule has 0 bridgehead atoms. The Bertz CT molecular complexity index is 748. The van der Waals surface area contributed by atoms with Crippen LogP contribution in [0.2, 0.25) is 0 Å². The van der Waals surface area contributed by atoms with Crippen molar-refractivity contribution in [2.45, 2.75) is 39.5 Å². The summed E-state index contributed by atoms with van der Waals surface area (Å²) in [7, 11) is 0. The van der Waals surface area contributed by atoms with Gasteiger partial charge in [0.15, 0.2) is 5.11 Å². The summed E-state index contributed by atoms with van der Waals surface area (Å²) in [6.45, 7) is 10.3. The van der Waals surface area contributed by atoms with E-state index >= 15 is 0 Å². The van der Waals surface area contributed by atoms with Gasteiger partial charge in [0.2, 0.25) is 0 Å². The highest BCUT2D eigenvalue weighted by Gasteiger charge is 2.32. The highest BCUT2D eigenvalue weighted by Crippen LogP contribution is 2.20. The number of nitrogens with one attached hydrogen (secondary N) is 1. The lowest BCUT2D eigenvalue weighted by molar-refractivity contribution is -0.128. The van der Waals surface area contributed by atoms with Gasteiger partial charge in [-0.1, -0.05) is 44.9 Å². The van der Waals surface area contributed by atoms with Crippen LogP contribution in [0.15, 0.2) is 42.5 Å². The molecule has 150 valence electrons. The Kier molecular flexibility index (Phi) is 8.39. The van der Waals surface area contributed by atoms with Crippen LogP contribution in [-0.4, -0.2) is 41.5 Å². The average Bonchev–Trinajstić information content (AvgIpc) is 2.69. The monoisotopic (exact) mass is 399 g/mol. The van der Waals surface area contributed by atoms with Crippen molar-refractivity contribution < 1.29 is 9.59 Å². The maximum absolute atomic E-state index is 12.6. The number of nitrogens with zero attached hydrogens (tertiary/aromatic N) is 2. The molecule has 1 aliphatic heterocycles. The lowest BCUT2D eigenvalue weighted by Gasteiger charge is -2.28. The topological polar surface area (TPSA) is 52.7 Å². The van der Waals surface area contributed by atoms with E-state index in [4.69, 9.17) is 12.2 Å². The zero-order chi connectivity index (χ0) is 20.5. The SMILES string of the molecule is C=CCN1C(=O)C(=Cc2ccc(N(CCCC)CCCC)cc2)C(=O)NC1=S. The lowest BCUT2D eigenvalue weighted by Crippen LogP contribution is -2.53. The number of carbonyl (C=O) groups excluding carboxylic acids is 2. The van der Waals surface area contributed by atoms with Crippen molar-refractivity contribution in [1.29, 1.82) is 0 Å². The van der Waals surface area contributed by atoms with E-state index < -0.39 is 11.8 Å². The van der Waals surface area contributed by atoms with Gasteiger partial charge in [-0.2, -0.15) is 0 Å². The molecule has 0 saturated carbocycles. The molecular weight excluding hydrogens is 370 g/mol. The molecule has 1 saturated heterocycles. The van der Waals surface area contributed by atoms with Gasteiger partial charge in [-0.25, -0.2) is 0 Å². The fourth-order valence-corrected chi connectivity index (χ4v) is 3.26. The second-order valence-electron chi connectivity index (χ2n) is 6.81. The summed E-state index contributed by atoms with van der Waals surface area (Å²) in [6.07, 6.45) is 7.82. The Morgan fingerprint density at radius 3 is 2.25 bits per heavy atom. The van der Waals surface area contributed by atoms with Crippen molar-refractivity contribution in [1.82, 2.24) is 10.2 Å². The molecule has 0 aliphatic carbocycles. The number of amides is 2. The second-order valence-corrected chi connectivity index (χ2v) is 7.19. The molecule has 0 aromatic heterocycles. The number of thiocarbonyl (C=S) groups is 1. The van der Waals surface area contributed by atoms with Gasteiger partial charge >= 0.3 is 0 Å². The first-order chi connectivity index (χ1) is 13.5. The van der Waals surface area contributed by atoms with Crippen molar-refractivity contribution in [3.8, 4) is 0 Å². The van der Waals surface area contributed by atoms with Gasteiger partial charge in [-0.3, -0.25) is 19.8 Å². The van der Waals surface area contributed by atoms with E-state index in [1.165, 1.54) is 4.90 Å². The summed E-state index contributed by atoms with van der Waals surface area (Å²) in [5, 5.41) is 2.68. The molecule has 0 unspecified atom stereocenters. The predicted octanol–water partition coefficient (Wildman–Crippen LogP) is 3.91. The Morgan fingerprint density at radius 1 is 1.11 bits per heavy atom. The van der Waals surface area contributed by atoms with Crippen LogP contribution in [0.5, 0.6) is 0 Å². The quantitative estimate of drug-likeness (QED) is 0.281. The van der Waals surface area contributed by atoms with Crippen LogP contribution in [0.1, 0.15) is 45.1 Å². The standard InChI is InChI=1S/C22H29N3O2S/c1-4-7-14-24(15-8-5-2)18-11-9-17(10-12-18)16-19-20(26)23-22(28)25(13-6-3)21(19)27/h6,9-12,16H,3-5,7-8,13-15H2,1-2H3,(H,23,26,28). The average molecular weight is 400 g/mol. The summed E-state index contributed by atoms with van der Waals surface area (Å²) >= 11 is 5.07. The van der Waals surface area contributed by atoms with E-state index in [2.05, 4.69) is 42.8 Å². The van der Waals surface area contributed by atoms with Crippen molar-refractivity contribution >= 4 is 40.9 Å². The van der Waals surface area contributed by atoms with Gasteiger partial charge in [0.25, 0.3) is 11.8 Å². The minimum atomic E-state index is -0.466. The van der Waals surface area contributed by atoms with Crippen LogP contribution >= 0.6 is 12.2 Å². The maximum Gasteiger partial charge on any atom is 0.265 e. The third-order valence-corrected chi connectivity index (χ3v) is 4.95. The first-order valence-corrected chi connectivity index (χ1v) is 10.3. The van der Waals surface area contributed by atoms with Crippen LogP contribution in [0, 0.1) is 0 Å². The Balaban J connectivity index is 2.21. The fourth-order valence-electron chi connectivity index (χ4n) is 3.00. The summed E-state index contributed by atoms with van der Waals surface area (Å²) < 4.78 is 0. The molecule has 0 atom stereocenters. The molecule has 1 N–H and O–H groups in total. The third-order valence-electron chi connectivity index (χ3n) is 4.63. The highest BCUT2D eigenvalue weighted by atomic mass is 32.1. The maximum atomic E-state index is 12.6. The normalized spacial score (nSPS) is 15.7. The number of hydrogen-bond acceptors (Lipinski definition) is 4. The minimum Gasteiger partial charge on any atom is -0.372 e. The second kappa shape index (κ2) is 10.8. The number of rotatable bonds is 10. The zero-order valence-corrected chi connectivity index (χ0v) is 17.6. The van der Waals surface area contributed by atoms with Crippen LogP contribution in [-0.2, 0) is 9.59 Å². The van der Waals surface area contributed by atoms with Crippen molar-refractivity contribution in [3.63, 3.8) is 0 Å². The molecule has 6 heteroatoms. The Hall–Kier alpha value is -2.47. The van der Waals surface area contributed by atoms with E-state index in [-0.39, 0.29) is 17.2 Å². The van der Waals surface area contributed by atoms with Gasteiger partial charge in [-0.05, 0) is 48.8 Å². The molecule has 2 rings (SSSR count). The van der Waals surface area contributed by atoms with E-state index in [0.29, 0.717) is 0 Å². The van der Waals surface area contributed by atoms with Crippen LogP contribution in [0.25, 0.3) is 6.08 Å². The summed E-state index contributed by atoms with van der Waals surface area (Å²) in [4.78, 5) is 28.6. The Morgan fingerprint density at radius 2 is 1.71 bits per heavy atom. The van der Waals surface area contributed by atoms with Gasteiger partial charge in [0.05, 0.1) is 0 Å². The number of anilines is 1. The number of unbranched alkanes of at least 4 members (excludes halogenated alkanes) is 2. The summed E-state index contributed by atoms with van der Waals surface area (Å²) in [5.74, 6) is -0.864. The zero-order valence-electron chi connectivity index (χ0n) is 16.7. The molecule has 5 nitrogen and oxygen atoms in total. The van der Waals surface area contributed by atoms with Crippen molar-refractivity contribution in [3.05, 3.63) is 48.1 Å². The van der Waals surface area contributed by atoms with E-state index in [0.717, 1.165) is 50.0 Å². The molecular formula is C22H29N3O2S. The van der Waals surface area contributed by atoms with E-state index in [1.54, 1.807) is 12.2 Å². The minimum absolute atomic E-state index is 0.0806. The van der Waals surface area contributed by atoms with Crippen LogP contribution in [0.4, 0.5) is 5.69 Å². The van der Waals surface area contributed by atoms with Gasteiger partial charge < -0.3 is 4.90 Å². The third kappa shape index (κ3) is 5.52. The molecule has 1 aromatic carbocycles. The van der Waals surface area contributed by atoms with E-state index in [1.807, 2.05) is 12.1 Å².